The monoisotopic (exact) mass is 396 g/mol. The van der Waals surface area contributed by atoms with Crippen molar-refractivity contribution >= 4 is 11.7 Å². The summed E-state index contributed by atoms with van der Waals surface area (Å²) in [6.07, 6.45) is 2.15. The smallest absolute Gasteiger partial charge is 0.232 e. The number of fused-ring (bicyclic) bond motifs is 1. The second-order valence-electron chi connectivity index (χ2n) is 8.35. The number of allylic oxidation sites excluding steroid dienone is 2. The van der Waals surface area contributed by atoms with Crippen molar-refractivity contribution in [3.05, 3.63) is 46.3 Å². The Morgan fingerprint density at radius 2 is 1.97 bits per heavy atom. The van der Waals surface area contributed by atoms with Crippen LogP contribution in [0.4, 0.5) is 5.88 Å². The first kappa shape index (κ1) is 19.6. The second-order valence-corrected chi connectivity index (χ2v) is 8.35. The Labute approximate surface area is 171 Å². The molecule has 154 valence electrons. The number of aromatic nitrogens is 1. The van der Waals surface area contributed by atoms with E-state index in [0.29, 0.717) is 29.7 Å². The molecule has 2 unspecified atom stereocenters. The second kappa shape index (κ2) is 7.58. The summed E-state index contributed by atoms with van der Waals surface area (Å²) in [5, 5.41) is 7.53. The van der Waals surface area contributed by atoms with Crippen molar-refractivity contribution in [2.24, 2.45) is 5.92 Å². The third kappa shape index (κ3) is 3.41. The van der Waals surface area contributed by atoms with Crippen molar-refractivity contribution in [3.63, 3.8) is 0 Å². The highest BCUT2D eigenvalue weighted by Crippen LogP contribution is 2.49. The van der Waals surface area contributed by atoms with Crippen LogP contribution in [0.2, 0.25) is 0 Å². The normalized spacial score (nSPS) is 21.0. The first-order valence-electron chi connectivity index (χ1n) is 10.1. The Hall–Kier alpha value is -2.76. The van der Waals surface area contributed by atoms with E-state index in [9.17, 15) is 4.79 Å². The molecule has 6 nitrogen and oxygen atoms in total. The first-order valence-corrected chi connectivity index (χ1v) is 10.1. The number of nitrogens with zero attached hydrogens (tertiary/aromatic N) is 1. The van der Waals surface area contributed by atoms with Gasteiger partial charge in [0.1, 0.15) is 0 Å². The Morgan fingerprint density at radius 3 is 2.66 bits per heavy atom. The fourth-order valence-corrected chi connectivity index (χ4v) is 4.66. The molecule has 0 bridgehead atoms. The van der Waals surface area contributed by atoms with Crippen molar-refractivity contribution in [2.75, 3.05) is 19.5 Å². The van der Waals surface area contributed by atoms with E-state index >= 15 is 0 Å². The van der Waals surface area contributed by atoms with Gasteiger partial charge < -0.3 is 19.3 Å². The molecule has 0 radical (unpaired) electrons. The zero-order chi connectivity index (χ0) is 20.7. The van der Waals surface area contributed by atoms with E-state index in [1.165, 1.54) is 0 Å². The molecule has 1 aliphatic heterocycles. The minimum absolute atomic E-state index is 0.0475. The van der Waals surface area contributed by atoms with E-state index in [0.717, 1.165) is 40.9 Å². The first-order chi connectivity index (χ1) is 13.9. The number of rotatable bonds is 5. The summed E-state index contributed by atoms with van der Waals surface area (Å²) in [5.41, 5.74) is 4.85. The van der Waals surface area contributed by atoms with E-state index in [4.69, 9.17) is 14.0 Å². The lowest BCUT2D eigenvalue weighted by molar-refractivity contribution is -0.116. The van der Waals surface area contributed by atoms with Gasteiger partial charge in [-0.25, -0.2) is 0 Å². The van der Waals surface area contributed by atoms with Gasteiger partial charge in [-0.1, -0.05) is 25.1 Å². The molecule has 0 spiro atoms. The summed E-state index contributed by atoms with van der Waals surface area (Å²) in [6.45, 7) is 6.32. The molecule has 2 heterocycles. The topological polar surface area (TPSA) is 73.6 Å². The molecular weight excluding hydrogens is 368 g/mol. The Kier molecular flexibility index (Phi) is 5.11. The highest BCUT2D eigenvalue weighted by Gasteiger charge is 2.40. The van der Waals surface area contributed by atoms with Crippen LogP contribution in [0.15, 0.2) is 34.0 Å². The molecular formula is C23H28N2O4. The molecule has 0 amide bonds. The number of carbonyl (C=O) groups is 1. The lowest BCUT2D eigenvalue weighted by Gasteiger charge is -2.35. The van der Waals surface area contributed by atoms with Gasteiger partial charge in [0.15, 0.2) is 17.3 Å². The van der Waals surface area contributed by atoms with Crippen LogP contribution >= 0.6 is 0 Å². The van der Waals surface area contributed by atoms with Crippen LogP contribution in [0.5, 0.6) is 11.5 Å². The third-order valence-electron chi connectivity index (χ3n) is 5.96. The maximum Gasteiger partial charge on any atom is 0.232 e. The van der Waals surface area contributed by atoms with Gasteiger partial charge in [0.05, 0.1) is 19.9 Å². The van der Waals surface area contributed by atoms with Crippen LogP contribution in [0.25, 0.3) is 0 Å². The van der Waals surface area contributed by atoms with Crippen LogP contribution in [-0.2, 0) is 4.79 Å². The van der Waals surface area contributed by atoms with Gasteiger partial charge in [-0.15, -0.1) is 0 Å². The average Bonchev–Trinajstić information content (AvgIpc) is 3.07. The van der Waals surface area contributed by atoms with Gasteiger partial charge in [0.2, 0.25) is 5.88 Å². The molecule has 1 N–H and O–H groups in total. The Bertz CT molecular complexity index is 973. The standard InChI is InChI=1S/C23H28N2O4/c1-12(2)8-16-21-13(3)25-29-23(21)24-17-9-15(10-18(26)22(16)17)14-6-7-19(27-4)20(11-14)28-5/h6-7,11-12,15-16,24H,8-10H2,1-5H3. The molecule has 2 aromatic rings. The maximum atomic E-state index is 13.3. The molecule has 2 aliphatic rings. The number of nitrogens with one attached hydrogen (secondary N) is 1. The molecule has 0 fully saturated rings. The molecule has 1 aromatic heterocycles. The lowest BCUT2D eigenvalue weighted by atomic mass is 9.72. The summed E-state index contributed by atoms with van der Waals surface area (Å²) >= 11 is 0. The molecule has 6 heteroatoms. The minimum Gasteiger partial charge on any atom is -0.493 e. The predicted octanol–water partition coefficient (Wildman–Crippen LogP) is 4.96. The largest absolute Gasteiger partial charge is 0.493 e. The number of aryl methyl sites for hydroxylation is 1. The number of benzene rings is 1. The molecule has 1 aliphatic carbocycles. The zero-order valence-corrected chi connectivity index (χ0v) is 17.7. The molecule has 29 heavy (non-hydrogen) atoms. The third-order valence-corrected chi connectivity index (χ3v) is 5.96. The van der Waals surface area contributed by atoms with E-state index in [1.54, 1.807) is 14.2 Å². The number of ketones is 1. The highest BCUT2D eigenvalue weighted by atomic mass is 16.5. The molecule has 0 saturated heterocycles. The Morgan fingerprint density at radius 1 is 1.21 bits per heavy atom. The minimum atomic E-state index is 0.0475. The van der Waals surface area contributed by atoms with Gasteiger partial charge in [-0.05, 0) is 49.3 Å². The fourth-order valence-electron chi connectivity index (χ4n) is 4.66. The predicted molar refractivity (Wildman–Crippen MR) is 111 cm³/mol. The van der Waals surface area contributed by atoms with Crippen molar-refractivity contribution in [2.45, 2.75) is 51.9 Å². The van der Waals surface area contributed by atoms with E-state index in [-0.39, 0.29) is 17.6 Å². The van der Waals surface area contributed by atoms with E-state index < -0.39 is 0 Å². The number of Topliss-reactive ketones (excluding diaryl/α,β-unsaturated/α-hetero) is 1. The van der Waals surface area contributed by atoms with Crippen molar-refractivity contribution in [1.82, 2.24) is 5.16 Å². The molecule has 4 rings (SSSR count). The summed E-state index contributed by atoms with van der Waals surface area (Å²) < 4.78 is 16.3. The summed E-state index contributed by atoms with van der Waals surface area (Å²) in [7, 11) is 3.25. The molecule has 2 atom stereocenters. The SMILES string of the molecule is COc1ccc(C2CC(=O)C3=C(C2)Nc2onc(C)c2C3CC(C)C)cc1OC. The number of carbonyl (C=O) groups excluding carboxylic acids is 1. The lowest BCUT2D eigenvalue weighted by Crippen LogP contribution is -2.29. The Balaban J connectivity index is 1.70. The summed E-state index contributed by atoms with van der Waals surface area (Å²) in [6, 6.07) is 5.89. The highest BCUT2D eigenvalue weighted by molar-refractivity contribution is 6.00. The van der Waals surface area contributed by atoms with Crippen molar-refractivity contribution in [3.8, 4) is 11.5 Å². The van der Waals surface area contributed by atoms with E-state index in [2.05, 4.69) is 24.3 Å². The van der Waals surface area contributed by atoms with Crippen molar-refractivity contribution in [1.29, 1.82) is 0 Å². The van der Waals surface area contributed by atoms with Crippen LogP contribution in [0.3, 0.4) is 0 Å². The number of ether oxygens (including phenoxy) is 2. The van der Waals surface area contributed by atoms with Gasteiger partial charge in [-0.3, -0.25) is 4.79 Å². The van der Waals surface area contributed by atoms with Crippen molar-refractivity contribution < 1.29 is 18.8 Å². The summed E-state index contributed by atoms with van der Waals surface area (Å²) in [5.74, 6) is 2.85. The number of anilines is 1. The van der Waals surface area contributed by atoms with Gasteiger partial charge in [0.25, 0.3) is 0 Å². The number of methoxy groups -OCH3 is 2. The zero-order valence-electron chi connectivity index (χ0n) is 17.7. The van der Waals surface area contributed by atoms with Gasteiger partial charge in [0, 0.05) is 29.2 Å². The quantitative estimate of drug-likeness (QED) is 0.770. The van der Waals surface area contributed by atoms with Crippen LogP contribution in [0.1, 0.15) is 61.8 Å². The van der Waals surface area contributed by atoms with Gasteiger partial charge >= 0.3 is 0 Å². The van der Waals surface area contributed by atoms with Crippen LogP contribution in [0, 0.1) is 12.8 Å². The molecule has 1 aromatic carbocycles. The maximum absolute atomic E-state index is 13.3. The average molecular weight is 396 g/mol. The fraction of sp³-hybridized carbons (Fsp3) is 0.478. The molecule has 0 saturated carbocycles. The number of hydrogen-bond acceptors (Lipinski definition) is 6. The van der Waals surface area contributed by atoms with Crippen LogP contribution in [-0.4, -0.2) is 25.2 Å². The van der Waals surface area contributed by atoms with Crippen LogP contribution < -0.4 is 14.8 Å². The summed E-state index contributed by atoms with van der Waals surface area (Å²) in [4.78, 5) is 13.3. The number of hydrogen-bond donors (Lipinski definition) is 1. The van der Waals surface area contributed by atoms with E-state index in [1.807, 2.05) is 25.1 Å². The van der Waals surface area contributed by atoms with Gasteiger partial charge in [-0.2, -0.15) is 0 Å².